The van der Waals surface area contributed by atoms with Gasteiger partial charge in [-0.3, -0.25) is 4.68 Å². The average molecular weight is 283 g/mol. The van der Waals surface area contributed by atoms with E-state index < -0.39 is 0 Å². The molecule has 3 nitrogen and oxygen atoms in total. The van der Waals surface area contributed by atoms with E-state index in [0.29, 0.717) is 6.04 Å². The van der Waals surface area contributed by atoms with Gasteiger partial charge in [-0.05, 0) is 29.4 Å². The lowest BCUT2D eigenvalue weighted by atomic mass is 9.85. The molecule has 1 unspecified atom stereocenters. The van der Waals surface area contributed by atoms with E-state index in [1.54, 1.807) is 0 Å². The number of aromatic nitrogens is 2. The lowest BCUT2D eigenvalue weighted by Crippen LogP contribution is -2.30. The van der Waals surface area contributed by atoms with Crippen molar-refractivity contribution in [1.29, 1.82) is 0 Å². The van der Waals surface area contributed by atoms with Gasteiger partial charge in [-0.2, -0.15) is 5.10 Å². The van der Waals surface area contributed by atoms with Gasteiger partial charge in [0, 0.05) is 31.4 Å². The van der Waals surface area contributed by atoms with Crippen LogP contribution in [0.4, 0.5) is 0 Å². The molecule has 0 amide bonds. The van der Waals surface area contributed by atoms with Gasteiger partial charge in [0.1, 0.15) is 0 Å². The van der Waals surface area contributed by atoms with Crippen molar-refractivity contribution in [2.75, 3.05) is 0 Å². The number of hydrogen-bond donors (Lipinski definition) is 1. The predicted octanol–water partition coefficient (Wildman–Crippen LogP) is 3.40. The molecule has 1 aliphatic rings. The SMILES string of the molecule is CCc1nn(C)cc1CNC1c2ccccc2CC1(C)C. The number of rotatable bonds is 4. The first kappa shape index (κ1) is 14.3. The quantitative estimate of drug-likeness (QED) is 0.932. The highest BCUT2D eigenvalue weighted by molar-refractivity contribution is 5.37. The van der Waals surface area contributed by atoms with Crippen LogP contribution in [-0.2, 0) is 26.4 Å². The van der Waals surface area contributed by atoms with Crippen LogP contribution < -0.4 is 5.32 Å². The first-order valence-electron chi connectivity index (χ1n) is 7.84. The average Bonchev–Trinajstić information content (AvgIpc) is 2.92. The molecule has 0 bridgehead atoms. The van der Waals surface area contributed by atoms with Gasteiger partial charge in [-0.1, -0.05) is 45.0 Å². The number of aryl methyl sites for hydroxylation is 2. The molecule has 2 aromatic rings. The number of nitrogens with zero attached hydrogens (tertiary/aromatic N) is 2. The molecule has 1 aliphatic carbocycles. The second-order valence-electron chi connectivity index (χ2n) is 6.81. The van der Waals surface area contributed by atoms with E-state index >= 15 is 0 Å². The summed E-state index contributed by atoms with van der Waals surface area (Å²) in [5.74, 6) is 0. The molecule has 0 fully saturated rings. The zero-order valence-corrected chi connectivity index (χ0v) is 13.5. The molecule has 0 aliphatic heterocycles. The fraction of sp³-hybridized carbons (Fsp3) is 0.500. The van der Waals surface area contributed by atoms with E-state index in [4.69, 9.17) is 0 Å². The Hall–Kier alpha value is -1.61. The van der Waals surface area contributed by atoms with Crippen LogP contribution in [0.15, 0.2) is 30.5 Å². The minimum absolute atomic E-state index is 0.262. The Labute approximate surface area is 127 Å². The van der Waals surface area contributed by atoms with Crippen LogP contribution in [-0.4, -0.2) is 9.78 Å². The zero-order chi connectivity index (χ0) is 15.0. The van der Waals surface area contributed by atoms with Gasteiger partial charge >= 0.3 is 0 Å². The Bertz CT molecular complexity index is 640. The molecule has 1 aromatic carbocycles. The third-order valence-electron chi connectivity index (χ3n) is 4.62. The summed E-state index contributed by atoms with van der Waals surface area (Å²) in [6, 6.07) is 9.24. The molecule has 21 heavy (non-hydrogen) atoms. The van der Waals surface area contributed by atoms with Crippen LogP contribution in [0.3, 0.4) is 0 Å². The van der Waals surface area contributed by atoms with E-state index in [9.17, 15) is 0 Å². The third kappa shape index (κ3) is 2.62. The second-order valence-corrected chi connectivity index (χ2v) is 6.81. The maximum absolute atomic E-state index is 4.53. The van der Waals surface area contributed by atoms with Crippen molar-refractivity contribution in [3.8, 4) is 0 Å². The van der Waals surface area contributed by atoms with E-state index in [1.807, 2.05) is 11.7 Å². The molecule has 0 radical (unpaired) electrons. The maximum Gasteiger partial charge on any atom is 0.0666 e. The molecule has 1 aromatic heterocycles. The Morgan fingerprint density at radius 3 is 2.86 bits per heavy atom. The standard InChI is InChI=1S/C18H25N3/c1-5-16-14(12-21(4)20-16)11-19-17-15-9-7-6-8-13(15)10-18(17,2)3/h6-9,12,17,19H,5,10-11H2,1-4H3. The van der Waals surface area contributed by atoms with E-state index in [0.717, 1.165) is 19.4 Å². The van der Waals surface area contributed by atoms with Gasteiger partial charge in [0.05, 0.1) is 5.69 Å². The fourth-order valence-corrected chi connectivity index (χ4v) is 3.62. The van der Waals surface area contributed by atoms with Crippen molar-refractivity contribution in [3.63, 3.8) is 0 Å². The van der Waals surface area contributed by atoms with Crippen molar-refractivity contribution in [2.24, 2.45) is 12.5 Å². The van der Waals surface area contributed by atoms with Gasteiger partial charge in [-0.15, -0.1) is 0 Å². The lowest BCUT2D eigenvalue weighted by molar-refractivity contribution is 0.268. The van der Waals surface area contributed by atoms with Crippen LogP contribution in [0.25, 0.3) is 0 Å². The molecule has 1 heterocycles. The summed E-state index contributed by atoms with van der Waals surface area (Å²) >= 11 is 0. The van der Waals surface area contributed by atoms with Crippen molar-refractivity contribution in [2.45, 2.75) is 46.2 Å². The first-order valence-corrected chi connectivity index (χ1v) is 7.84. The van der Waals surface area contributed by atoms with Crippen LogP contribution in [0, 0.1) is 5.41 Å². The van der Waals surface area contributed by atoms with Gasteiger partial charge in [0.15, 0.2) is 0 Å². The monoisotopic (exact) mass is 283 g/mol. The topological polar surface area (TPSA) is 29.9 Å². The minimum atomic E-state index is 0.262. The largest absolute Gasteiger partial charge is 0.305 e. The smallest absolute Gasteiger partial charge is 0.0666 e. The van der Waals surface area contributed by atoms with Gasteiger partial charge < -0.3 is 5.32 Å². The summed E-state index contributed by atoms with van der Waals surface area (Å²) in [5.41, 5.74) is 5.73. The maximum atomic E-state index is 4.53. The van der Waals surface area contributed by atoms with Gasteiger partial charge in [0.25, 0.3) is 0 Å². The van der Waals surface area contributed by atoms with Crippen molar-refractivity contribution < 1.29 is 0 Å². The van der Waals surface area contributed by atoms with Crippen molar-refractivity contribution in [1.82, 2.24) is 15.1 Å². The zero-order valence-electron chi connectivity index (χ0n) is 13.5. The Morgan fingerprint density at radius 1 is 1.33 bits per heavy atom. The molecule has 1 atom stereocenters. The molecule has 1 N–H and O–H groups in total. The summed E-state index contributed by atoms with van der Waals surface area (Å²) in [5, 5.41) is 8.31. The van der Waals surface area contributed by atoms with Gasteiger partial charge in [-0.25, -0.2) is 0 Å². The summed E-state index contributed by atoms with van der Waals surface area (Å²) in [6.45, 7) is 7.77. The molecule has 0 spiro atoms. The van der Waals surface area contributed by atoms with Crippen molar-refractivity contribution in [3.05, 3.63) is 52.8 Å². The number of fused-ring (bicyclic) bond motifs is 1. The molecule has 3 rings (SSSR count). The fourth-order valence-electron chi connectivity index (χ4n) is 3.62. The summed E-state index contributed by atoms with van der Waals surface area (Å²) in [4.78, 5) is 0. The highest BCUT2D eigenvalue weighted by atomic mass is 15.3. The summed E-state index contributed by atoms with van der Waals surface area (Å²) < 4.78 is 1.92. The third-order valence-corrected chi connectivity index (χ3v) is 4.62. The molecule has 0 saturated carbocycles. The second kappa shape index (κ2) is 5.30. The van der Waals surface area contributed by atoms with Crippen molar-refractivity contribution >= 4 is 0 Å². The van der Waals surface area contributed by atoms with E-state index in [-0.39, 0.29) is 5.41 Å². The molecule has 112 valence electrons. The van der Waals surface area contributed by atoms with E-state index in [2.05, 4.69) is 61.6 Å². The molecular weight excluding hydrogens is 258 g/mol. The normalized spacial score (nSPS) is 19.7. The highest BCUT2D eigenvalue weighted by Gasteiger charge is 2.38. The lowest BCUT2D eigenvalue weighted by Gasteiger charge is -2.28. The predicted molar refractivity (Wildman–Crippen MR) is 86.1 cm³/mol. The Kier molecular flexibility index (Phi) is 3.62. The number of nitrogens with one attached hydrogen (secondary N) is 1. The summed E-state index contributed by atoms with van der Waals surface area (Å²) in [7, 11) is 2.00. The van der Waals surface area contributed by atoms with Crippen LogP contribution >= 0.6 is 0 Å². The van der Waals surface area contributed by atoms with E-state index in [1.165, 1.54) is 22.4 Å². The molecule has 3 heteroatoms. The summed E-state index contributed by atoms with van der Waals surface area (Å²) in [6.07, 6.45) is 4.27. The number of benzene rings is 1. The first-order chi connectivity index (χ1) is 10.0. The minimum Gasteiger partial charge on any atom is -0.305 e. The molecule has 0 saturated heterocycles. The molecular formula is C18H25N3. The Morgan fingerprint density at radius 2 is 2.10 bits per heavy atom. The van der Waals surface area contributed by atoms with Crippen LogP contribution in [0.5, 0.6) is 0 Å². The highest BCUT2D eigenvalue weighted by Crippen LogP contribution is 2.45. The van der Waals surface area contributed by atoms with Crippen LogP contribution in [0.2, 0.25) is 0 Å². The van der Waals surface area contributed by atoms with Gasteiger partial charge in [0.2, 0.25) is 0 Å². The Balaban J connectivity index is 1.81. The van der Waals surface area contributed by atoms with Crippen LogP contribution in [0.1, 0.15) is 49.2 Å². The number of hydrogen-bond acceptors (Lipinski definition) is 2.